The number of carbonyl (C=O) groups is 2. The molecule has 1 aliphatic heterocycles. The number of anilines is 1. The molecule has 120 valence electrons. The second-order valence-corrected chi connectivity index (χ2v) is 7.09. The Hall–Kier alpha value is -2.26. The van der Waals surface area contributed by atoms with Gasteiger partial charge in [0, 0.05) is 18.8 Å². The van der Waals surface area contributed by atoms with E-state index in [0.717, 1.165) is 4.31 Å². The summed E-state index contributed by atoms with van der Waals surface area (Å²) in [6.07, 6.45) is 1.50. The van der Waals surface area contributed by atoms with Crippen molar-refractivity contribution in [3.63, 3.8) is 0 Å². The highest BCUT2D eigenvalue weighted by atomic mass is 32.3. The Morgan fingerprint density at radius 3 is 2.61 bits per heavy atom. The molecule has 3 N–H and O–H groups in total. The van der Waals surface area contributed by atoms with Crippen molar-refractivity contribution in [2.24, 2.45) is 0 Å². The van der Waals surface area contributed by atoms with Crippen LogP contribution in [0.5, 0.6) is 0 Å². The number of carbonyl (C=O) groups excluding carboxylic acids is 2. The number of hydrogen-bond donors (Lipinski definition) is 3. The number of nitrogens with zero attached hydrogens (tertiary/aromatic N) is 2. The Kier molecular flexibility index (Phi) is 3.90. The van der Waals surface area contributed by atoms with Gasteiger partial charge in [-0.05, 0) is 24.3 Å². The largest absolute Gasteiger partial charge is 0.309 e. The van der Waals surface area contributed by atoms with E-state index in [2.05, 4.69) is 10.3 Å². The van der Waals surface area contributed by atoms with Gasteiger partial charge in [0.25, 0.3) is 5.91 Å². The average Bonchev–Trinajstić information content (AvgIpc) is 2.54. The maximum atomic E-state index is 12.6. The van der Waals surface area contributed by atoms with Crippen molar-refractivity contribution in [1.82, 2.24) is 9.29 Å². The third-order valence-corrected chi connectivity index (χ3v) is 5.59. The Morgan fingerprint density at radius 2 is 1.91 bits per heavy atom. The minimum absolute atomic E-state index is 0.134. The summed E-state index contributed by atoms with van der Waals surface area (Å²) in [7, 11) is -2.07. The molecule has 0 fully saturated rings. The second-order valence-electron chi connectivity index (χ2n) is 5.03. The van der Waals surface area contributed by atoms with E-state index in [1.54, 1.807) is 30.3 Å². The molecule has 1 aliphatic rings. The van der Waals surface area contributed by atoms with Gasteiger partial charge in [0.2, 0.25) is 0 Å². The summed E-state index contributed by atoms with van der Waals surface area (Å²) in [4.78, 5) is 29.2. The molecule has 1 aromatic carbocycles. The van der Waals surface area contributed by atoms with Gasteiger partial charge in [0.1, 0.15) is 5.82 Å². The normalized spacial score (nSPS) is 21.3. The quantitative estimate of drug-likeness (QED) is 0.728. The van der Waals surface area contributed by atoms with Crippen LogP contribution < -0.4 is 5.32 Å². The van der Waals surface area contributed by atoms with Crippen molar-refractivity contribution in [3.05, 3.63) is 54.2 Å². The van der Waals surface area contributed by atoms with Crippen LogP contribution in [0.25, 0.3) is 0 Å². The molecule has 0 radical (unpaired) electrons. The van der Waals surface area contributed by atoms with Crippen LogP contribution in [0.1, 0.15) is 10.4 Å². The summed E-state index contributed by atoms with van der Waals surface area (Å²) in [6.45, 7) is 0. The van der Waals surface area contributed by atoms with E-state index in [9.17, 15) is 18.7 Å². The summed E-state index contributed by atoms with van der Waals surface area (Å²) >= 11 is 0. The molecule has 0 bridgehead atoms. The Labute approximate surface area is 134 Å². The highest BCUT2D eigenvalue weighted by molar-refractivity contribution is 8.22. The van der Waals surface area contributed by atoms with Gasteiger partial charge < -0.3 is 5.32 Å². The molecule has 0 saturated heterocycles. The van der Waals surface area contributed by atoms with Crippen molar-refractivity contribution in [3.8, 4) is 0 Å². The van der Waals surface area contributed by atoms with Crippen LogP contribution in [0.4, 0.5) is 5.82 Å². The number of likely N-dealkylation sites (N-methyl/N-ethyl adjacent to an activating group) is 1. The first-order chi connectivity index (χ1) is 10.9. The first-order valence-electron chi connectivity index (χ1n) is 6.79. The van der Waals surface area contributed by atoms with Crippen LogP contribution in [0, 0.1) is 0 Å². The molecule has 1 aromatic heterocycles. The van der Waals surface area contributed by atoms with E-state index < -0.39 is 28.5 Å². The number of Topliss-reactive ketones (excluding diaryl/α,β-unsaturated/α-hetero) is 1. The average molecular weight is 333 g/mol. The predicted octanol–water partition coefficient (Wildman–Crippen LogP) is 2.24. The summed E-state index contributed by atoms with van der Waals surface area (Å²) < 4.78 is 21.8. The van der Waals surface area contributed by atoms with Crippen molar-refractivity contribution in [2.45, 2.75) is 10.9 Å². The zero-order valence-corrected chi connectivity index (χ0v) is 13.0. The van der Waals surface area contributed by atoms with Crippen LogP contribution in [0.3, 0.4) is 0 Å². The van der Waals surface area contributed by atoms with Crippen molar-refractivity contribution in [2.75, 3.05) is 12.4 Å². The fraction of sp³-hybridized carbons (Fsp3) is 0.133. The first kappa shape index (κ1) is 15.6. The third kappa shape index (κ3) is 2.62. The van der Waals surface area contributed by atoms with Gasteiger partial charge in [-0.1, -0.05) is 18.2 Å². The molecule has 2 aromatic rings. The van der Waals surface area contributed by atoms with Gasteiger partial charge in [-0.25, -0.2) is 4.98 Å². The Morgan fingerprint density at radius 1 is 1.22 bits per heavy atom. The molecule has 2 heterocycles. The Balaban J connectivity index is 1.97. The number of benzene rings is 1. The molecule has 1 amide bonds. The molecule has 23 heavy (non-hydrogen) atoms. The zero-order valence-electron chi connectivity index (χ0n) is 12.2. The molecule has 1 atom stereocenters. The van der Waals surface area contributed by atoms with E-state index in [4.69, 9.17) is 0 Å². The molecule has 7 nitrogen and oxygen atoms in total. The maximum Gasteiger partial charge on any atom is 0.252 e. The molecule has 0 spiro atoms. The van der Waals surface area contributed by atoms with E-state index in [-0.39, 0.29) is 16.3 Å². The molecule has 3 rings (SSSR count). The minimum Gasteiger partial charge on any atom is -0.309 e. The summed E-state index contributed by atoms with van der Waals surface area (Å²) in [5, 5.41) is 2.52. The highest BCUT2D eigenvalue weighted by Crippen LogP contribution is 2.56. The number of ketones is 1. The van der Waals surface area contributed by atoms with E-state index in [1.165, 1.54) is 25.4 Å². The first-order valence-corrected chi connectivity index (χ1v) is 8.29. The second kappa shape index (κ2) is 5.74. The zero-order chi connectivity index (χ0) is 16.6. The lowest BCUT2D eigenvalue weighted by Gasteiger charge is -2.47. The lowest BCUT2D eigenvalue weighted by atomic mass is 10.0. The standard InChI is InChI=1S/C15H15N3O4S/c1-18-13(15(20)17-12-8-4-5-9-16-12)14(19)10-6-2-3-7-11(10)23(18,21)22/h2-9,13,21-22H,1H3,(H,16,17,20). The number of fused-ring (bicyclic) bond motifs is 1. The van der Waals surface area contributed by atoms with Crippen molar-refractivity contribution >= 4 is 28.3 Å². The fourth-order valence-electron chi connectivity index (χ4n) is 2.44. The maximum absolute atomic E-state index is 12.6. The number of pyridine rings is 1. The van der Waals surface area contributed by atoms with Gasteiger partial charge in [-0.2, -0.15) is 4.31 Å². The molecular formula is C15H15N3O4S. The number of rotatable bonds is 2. The predicted molar refractivity (Wildman–Crippen MR) is 86.3 cm³/mol. The van der Waals surface area contributed by atoms with Crippen molar-refractivity contribution in [1.29, 1.82) is 0 Å². The molecule has 0 aliphatic carbocycles. The number of nitrogens with one attached hydrogen (secondary N) is 1. The van der Waals surface area contributed by atoms with Gasteiger partial charge >= 0.3 is 0 Å². The number of hydrogen-bond acceptors (Lipinski definition) is 6. The SMILES string of the molecule is CN1C(C(=O)Nc2ccccn2)C(=O)c2ccccc2S1(O)O. The topological polar surface area (TPSA) is 103 Å². The van der Waals surface area contributed by atoms with Crippen LogP contribution in [-0.2, 0) is 4.79 Å². The summed E-state index contributed by atoms with van der Waals surface area (Å²) in [5.74, 6) is -0.859. The highest BCUT2D eigenvalue weighted by Gasteiger charge is 2.45. The number of aromatic nitrogens is 1. The molecular weight excluding hydrogens is 318 g/mol. The summed E-state index contributed by atoms with van der Waals surface area (Å²) in [5.41, 5.74) is 0.145. The lowest BCUT2D eigenvalue weighted by Crippen LogP contribution is -2.51. The van der Waals surface area contributed by atoms with Gasteiger partial charge in [0.05, 0.1) is 4.90 Å². The van der Waals surface area contributed by atoms with Crippen LogP contribution >= 0.6 is 10.8 Å². The fourth-order valence-corrected chi connectivity index (χ4v) is 3.96. The lowest BCUT2D eigenvalue weighted by molar-refractivity contribution is -0.118. The Bertz CT molecular complexity index is 766. The number of amides is 1. The monoisotopic (exact) mass is 333 g/mol. The molecule has 1 unspecified atom stereocenters. The molecule has 0 saturated carbocycles. The van der Waals surface area contributed by atoms with Gasteiger partial charge in [0.15, 0.2) is 11.8 Å². The minimum atomic E-state index is -3.41. The van der Waals surface area contributed by atoms with Crippen molar-refractivity contribution < 1.29 is 18.7 Å². The van der Waals surface area contributed by atoms with E-state index >= 15 is 0 Å². The van der Waals surface area contributed by atoms with E-state index in [1.807, 2.05) is 0 Å². The third-order valence-electron chi connectivity index (χ3n) is 3.63. The van der Waals surface area contributed by atoms with Gasteiger partial charge in [-0.3, -0.25) is 18.7 Å². The van der Waals surface area contributed by atoms with Crippen LogP contribution in [-0.4, -0.2) is 43.2 Å². The van der Waals surface area contributed by atoms with Crippen LogP contribution in [0.2, 0.25) is 0 Å². The molecule has 8 heteroatoms. The summed E-state index contributed by atoms with van der Waals surface area (Å²) in [6, 6.07) is 9.83. The van der Waals surface area contributed by atoms with E-state index in [0.29, 0.717) is 0 Å². The van der Waals surface area contributed by atoms with Gasteiger partial charge in [-0.15, -0.1) is 10.8 Å². The smallest absolute Gasteiger partial charge is 0.252 e. The van der Waals surface area contributed by atoms with Crippen LogP contribution in [0.15, 0.2) is 53.6 Å².